The molecule has 0 amide bonds. The van der Waals surface area contributed by atoms with Crippen LogP contribution >= 0.6 is 0 Å². The third-order valence-corrected chi connectivity index (χ3v) is 3.47. The van der Waals surface area contributed by atoms with Gasteiger partial charge in [-0.2, -0.15) is 0 Å². The minimum absolute atomic E-state index is 0.0948. The molecule has 1 saturated heterocycles. The Kier molecular flexibility index (Phi) is 3.29. The van der Waals surface area contributed by atoms with Crippen molar-refractivity contribution in [3.8, 4) is 5.75 Å². The van der Waals surface area contributed by atoms with E-state index in [-0.39, 0.29) is 18.0 Å². The fraction of sp³-hybridized carbons (Fsp3) is 0.500. The molecule has 1 heterocycles. The van der Waals surface area contributed by atoms with Crippen LogP contribution in [0.25, 0.3) is 0 Å². The van der Waals surface area contributed by atoms with Crippen molar-refractivity contribution >= 4 is 17.3 Å². The van der Waals surface area contributed by atoms with Crippen molar-refractivity contribution < 1.29 is 14.3 Å². The molecule has 19 heavy (non-hydrogen) atoms. The standard InChI is InChI=1S/C14H18N2O3/c15-12-4-3-10(19-14(17)9-1-2-9)7-13(12)16-8-11-5-6-18-11/h3-4,7,9,11,16H,1-2,5-6,8,15H2/t11-/m0/s1. The molecule has 2 aliphatic rings. The quantitative estimate of drug-likeness (QED) is 0.481. The van der Waals surface area contributed by atoms with Crippen LogP contribution in [0.5, 0.6) is 5.75 Å². The second-order valence-electron chi connectivity index (χ2n) is 5.11. The highest BCUT2D eigenvalue weighted by atomic mass is 16.5. The van der Waals surface area contributed by atoms with E-state index in [0.29, 0.717) is 11.4 Å². The molecule has 3 N–H and O–H groups in total. The summed E-state index contributed by atoms with van der Waals surface area (Å²) >= 11 is 0. The molecule has 102 valence electrons. The monoisotopic (exact) mass is 262 g/mol. The summed E-state index contributed by atoms with van der Waals surface area (Å²) in [4.78, 5) is 11.6. The van der Waals surface area contributed by atoms with Gasteiger partial charge in [0, 0.05) is 19.2 Å². The molecule has 0 unspecified atom stereocenters. The second-order valence-corrected chi connectivity index (χ2v) is 5.11. The van der Waals surface area contributed by atoms with Gasteiger partial charge < -0.3 is 20.5 Å². The van der Waals surface area contributed by atoms with Crippen LogP contribution in [0.1, 0.15) is 19.3 Å². The molecule has 1 aliphatic carbocycles. The van der Waals surface area contributed by atoms with E-state index in [4.69, 9.17) is 15.2 Å². The molecule has 1 aliphatic heterocycles. The topological polar surface area (TPSA) is 73.6 Å². The smallest absolute Gasteiger partial charge is 0.314 e. The first-order chi connectivity index (χ1) is 9.22. The number of nitrogen functional groups attached to an aromatic ring is 1. The SMILES string of the molecule is Nc1ccc(OC(=O)C2CC2)cc1NC[C@@H]1CCO1. The van der Waals surface area contributed by atoms with Crippen LogP contribution in [0.15, 0.2) is 18.2 Å². The van der Waals surface area contributed by atoms with E-state index in [1.54, 1.807) is 18.2 Å². The van der Waals surface area contributed by atoms with Crippen molar-refractivity contribution in [1.29, 1.82) is 0 Å². The van der Waals surface area contributed by atoms with Gasteiger partial charge in [0.15, 0.2) is 0 Å². The van der Waals surface area contributed by atoms with Crippen molar-refractivity contribution in [1.82, 2.24) is 0 Å². The Labute approximate surface area is 112 Å². The van der Waals surface area contributed by atoms with Crippen LogP contribution in [0.3, 0.4) is 0 Å². The molecule has 0 aromatic heterocycles. The Hall–Kier alpha value is -1.75. The van der Waals surface area contributed by atoms with Gasteiger partial charge in [0.2, 0.25) is 0 Å². The molecule has 0 bridgehead atoms. The van der Waals surface area contributed by atoms with Crippen LogP contribution in [0.4, 0.5) is 11.4 Å². The van der Waals surface area contributed by atoms with E-state index < -0.39 is 0 Å². The number of carbonyl (C=O) groups excluding carboxylic acids is 1. The van der Waals surface area contributed by atoms with Crippen LogP contribution in [0.2, 0.25) is 0 Å². The highest BCUT2D eigenvalue weighted by molar-refractivity contribution is 5.78. The summed E-state index contributed by atoms with van der Waals surface area (Å²) in [6.07, 6.45) is 3.22. The Bertz CT molecular complexity index is 482. The minimum atomic E-state index is -0.141. The first kappa shape index (κ1) is 12.3. The normalized spacial score (nSPS) is 21.6. The summed E-state index contributed by atoms with van der Waals surface area (Å²) in [5.74, 6) is 0.499. The highest BCUT2D eigenvalue weighted by Gasteiger charge is 2.31. The van der Waals surface area contributed by atoms with Gasteiger partial charge in [0.05, 0.1) is 23.4 Å². The zero-order valence-electron chi connectivity index (χ0n) is 10.7. The van der Waals surface area contributed by atoms with Gasteiger partial charge in [-0.25, -0.2) is 0 Å². The first-order valence-corrected chi connectivity index (χ1v) is 6.69. The molecular formula is C14H18N2O3. The van der Waals surface area contributed by atoms with E-state index in [1.807, 2.05) is 0 Å². The molecule has 3 rings (SSSR count). The number of esters is 1. The molecule has 5 heteroatoms. The second kappa shape index (κ2) is 5.09. The van der Waals surface area contributed by atoms with Gasteiger partial charge in [-0.15, -0.1) is 0 Å². The maximum Gasteiger partial charge on any atom is 0.314 e. The summed E-state index contributed by atoms with van der Waals surface area (Å²) in [6.45, 7) is 1.56. The molecule has 0 spiro atoms. The van der Waals surface area contributed by atoms with Crippen LogP contribution in [-0.4, -0.2) is 25.2 Å². The summed E-state index contributed by atoms with van der Waals surface area (Å²) in [5, 5.41) is 3.23. The van der Waals surface area contributed by atoms with Gasteiger partial charge in [-0.05, 0) is 31.4 Å². The molecule has 1 aromatic carbocycles. The van der Waals surface area contributed by atoms with E-state index in [2.05, 4.69) is 5.32 Å². The number of nitrogens with one attached hydrogen (secondary N) is 1. The molecule has 5 nitrogen and oxygen atoms in total. The predicted octanol–water partition coefficient (Wildman–Crippen LogP) is 1.78. The maximum atomic E-state index is 11.6. The Morgan fingerprint density at radius 3 is 2.84 bits per heavy atom. The number of benzene rings is 1. The number of nitrogens with two attached hydrogens (primary N) is 1. The van der Waals surface area contributed by atoms with Gasteiger partial charge >= 0.3 is 5.97 Å². The van der Waals surface area contributed by atoms with E-state index in [1.165, 1.54) is 0 Å². The van der Waals surface area contributed by atoms with Gasteiger partial charge in [0.1, 0.15) is 5.75 Å². The Morgan fingerprint density at radius 2 is 2.21 bits per heavy atom. The zero-order valence-corrected chi connectivity index (χ0v) is 10.7. The van der Waals surface area contributed by atoms with Gasteiger partial charge in [-0.1, -0.05) is 0 Å². The Morgan fingerprint density at radius 1 is 1.42 bits per heavy atom. The summed E-state index contributed by atoms with van der Waals surface area (Å²) in [7, 11) is 0. The van der Waals surface area contributed by atoms with Crippen LogP contribution in [-0.2, 0) is 9.53 Å². The average molecular weight is 262 g/mol. The largest absolute Gasteiger partial charge is 0.426 e. The lowest BCUT2D eigenvalue weighted by atomic mass is 10.2. The summed E-state index contributed by atoms with van der Waals surface area (Å²) in [6, 6.07) is 5.24. The maximum absolute atomic E-state index is 11.6. The third-order valence-electron chi connectivity index (χ3n) is 3.47. The average Bonchev–Trinajstić information content (AvgIpc) is 3.15. The van der Waals surface area contributed by atoms with Crippen molar-refractivity contribution in [2.75, 3.05) is 24.2 Å². The predicted molar refractivity (Wildman–Crippen MR) is 72.1 cm³/mol. The van der Waals surface area contributed by atoms with Crippen LogP contribution in [0, 0.1) is 5.92 Å². The molecule has 0 radical (unpaired) electrons. The molecule has 1 saturated carbocycles. The summed E-state index contributed by atoms with van der Waals surface area (Å²) in [5.41, 5.74) is 7.33. The van der Waals surface area contributed by atoms with Crippen molar-refractivity contribution in [3.05, 3.63) is 18.2 Å². The van der Waals surface area contributed by atoms with Crippen molar-refractivity contribution in [2.24, 2.45) is 5.92 Å². The van der Waals surface area contributed by atoms with E-state index in [0.717, 1.165) is 38.1 Å². The first-order valence-electron chi connectivity index (χ1n) is 6.69. The molecular weight excluding hydrogens is 244 g/mol. The van der Waals surface area contributed by atoms with Gasteiger partial charge in [0.25, 0.3) is 0 Å². The third kappa shape index (κ3) is 2.98. The van der Waals surface area contributed by atoms with Crippen molar-refractivity contribution in [2.45, 2.75) is 25.4 Å². The highest BCUT2D eigenvalue weighted by Crippen LogP contribution is 2.32. The fourth-order valence-electron chi connectivity index (χ4n) is 1.94. The lowest BCUT2D eigenvalue weighted by Gasteiger charge is -2.27. The minimum Gasteiger partial charge on any atom is -0.426 e. The number of carbonyl (C=O) groups is 1. The van der Waals surface area contributed by atoms with Crippen molar-refractivity contribution in [3.63, 3.8) is 0 Å². The molecule has 1 atom stereocenters. The Balaban J connectivity index is 1.62. The lowest BCUT2D eigenvalue weighted by Crippen LogP contribution is -2.33. The fourth-order valence-corrected chi connectivity index (χ4v) is 1.94. The number of ether oxygens (including phenoxy) is 2. The van der Waals surface area contributed by atoms with Gasteiger partial charge in [-0.3, -0.25) is 4.79 Å². The molecule has 2 fully saturated rings. The number of rotatable bonds is 5. The van der Waals surface area contributed by atoms with Crippen LogP contribution < -0.4 is 15.8 Å². The zero-order chi connectivity index (χ0) is 13.2. The lowest BCUT2D eigenvalue weighted by molar-refractivity contribution is -0.135. The molecule has 1 aromatic rings. The van der Waals surface area contributed by atoms with E-state index >= 15 is 0 Å². The number of anilines is 2. The van der Waals surface area contributed by atoms with E-state index in [9.17, 15) is 4.79 Å². The number of hydrogen-bond acceptors (Lipinski definition) is 5. The summed E-state index contributed by atoms with van der Waals surface area (Å²) < 4.78 is 10.7. The number of hydrogen-bond donors (Lipinski definition) is 2.